The van der Waals surface area contributed by atoms with Gasteiger partial charge in [-0.2, -0.15) is 4.98 Å². The van der Waals surface area contributed by atoms with E-state index in [0.29, 0.717) is 31.9 Å². The largest absolute Gasteiger partial charge is 0.481 e. The Morgan fingerprint density at radius 1 is 1.41 bits per heavy atom. The Morgan fingerprint density at radius 2 is 2.18 bits per heavy atom. The average Bonchev–Trinajstić information content (AvgIpc) is 2.52. The molecule has 0 atom stereocenters. The molecule has 0 aliphatic carbocycles. The van der Waals surface area contributed by atoms with Crippen LogP contribution in [0.2, 0.25) is 0 Å². The normalized spacial score (nSPS) is 14.9. The predicted molar refractivity (Wildman–Crippen MR) is 58.2 cm³/mol. The summed E-state index contributed by atoms with van der Waals surface area (Å²) in [6, 6.07) is 0. The van der Waals surface area contributed by atoms with Gasteiger partial charge in [0.05, 0.1) is 26.0 Å². The van der Waals surface area contributed by atoms with Crippen molar-refractivity contribution in [3.63, 3.8) is 0 Å². The maximum atomic E-state index is 10.7. The van der Waals surface area contributed by atoms with E-state index in [2.05, 4.69) is 9.97 Å². The molecule has 0 radical (unpaired) electrons. The molecule has 2 heterocycles. The Bertz CT molecular complexity index is 434. The highest BCUT2D eigenvalue weighted by Gasteiger charge is 2.18. The van der Waals surface area contributed by atoms with Gasteiger partial charge in [0.15, 0.2) is 0 Å². The van der Waals surface area contributed by atoms with Gasteiger partial charge in [-0.05, 0) is 0 Å². The summed E-state index contributed by atoms with van der Waals surface area (Å²) in [4.78, 5) is 19.0. The molecular formula is C11H14N2O4. The number of carboxylic acid groups (broad SMARTS) is 1. The van der Waals surface area contributed by atoms with E-state index in [1.165, 1.54) is 7.11 Å². The number of carboxylic acids is 1. The van der Waals surface area contributed by atoms with Crippen molar-refractivity contribution in [1.82, 2.24) is 9.97 Å². The Balaban J connectivity index is 2.39. The Hall–Kier alpha value is -1.69. The lowest BCUT2D eigenvalue weighted by atomic mass is 10.1. The molecule has 2 rings (SSSR count). The Kier molecular flexibility index (Phi) is 3.53. The number of nitrogens with zero attached hydrogens (tertiary/aromatic N) is 2. The van der Waals surface area contributed by atoms with Gasteiger partial charge in [0.2, 0.25) is 5.88 Å². The molecule has 1 aromatic rings. The lowest BCUT2D eigenvalue weighted by molar-refractivity contribution is -0.136. The fourth-order valence-corrected chi connectivity index (χ4v) is 1.84. The van der Waals surface area contributed by atoms with Crippen LogP contribution in [0.4, 0.5) is 0 Å². The maximum Gasteiger partial charge on any atom is 0.311 e. The molecule has 1 aliphatic rings. The minimum atomic E-state index is -0.947. The van der Waals surface area contributed by atoms with Crippen LogP contribution in [0, 0.1) is 0 Å². The standard InChI is InChI=1S/C11H14N2O4/c1-16-11-7-2-4-17-5-3-8(7)12-9(13-11)6-10(14)15/h2-6H2,1H3,(H,14,15). The number of carbonyl (C=O) groups is 1. The molecule has 1 N–H and O–H groups in total. The Morgan fingerprint density at radius 3 is 2.88 bits per heavy atom. The van der Waals surface area contributed by atoms with Crippen molar-refractivity contribution in [2.24, 2.45) is 0 Å². The topological polar surface area (TPSA) is 81.5 Å². The zero-order chi connectivity index (χ0) is 12.3. The molecule has 0 fully saturated rings. The molecule has 0 unspecified atom stereocenters. The van der Waals surface area contributed by atoms with Crippen LogP contribution in [-0.4, -0.2) is 41.4 Å². The summed E-state index contributed by atoms with van der Waals surface area (Å²) in [5.41, 5.74) is 1.77. The lowest BCUT2D eigenvalue weighted by Crippen LogP contribution is -2.11. The first-order chi connectivity index (χ1) is 8.20. The van der Waals surface area contributed by atoms with Crippen LogP contribution < -0.4 is 4.74 Å². The molecule has 0 aromatic carbocycles. The minimum Gasteiger partial charge on any atom is -0.481 e. The number of hydrogen-bond acceptors (Lipinski definition) is 5. The molecular weight excluding hydrogens is 224 g/mol. The van der Waals surface area contributed by atoms with Gasteiger partial charge in [-0.1, -0.05) is 0 Å². The molecule has 6 heteroatoms. The van der Waals surface area contributed by atoms with Crippen molar-refractivity contribution < 1.29 is 19.4 Å². The summed E-state index contributed by atoms with van der Waals surface area (Å²) in [7, 11) is 1.53. The predicted octanol–water partition coefficient (Wildman–Crippen LogP) is 0.227. The van der Waals surface area contributed by atoms with E-state index in [9.17, 15) is 4.79 Å². The zero-order valence-electron chi connectivity index (χ0n) is 9.60. The van der Waals surface area contributed by atoms with Gasteiger partial charge in [0.1, 0.15) is 12.2 Å². The van der Waals surface area contributed by atoms with Crippen molar-refractivity contribution in [2.75, 3.05) is 20.3 Å². The molecule has 0 saturated heterocycles. The monoisotopic (exact) mass is 238 g/mol. The van der Waals surface area contributed by atoms with E-state index < -0.39 is 5.97 Å². The van der Waals surface area contributed by atoms with Gasteiger partial charge in [-0.25, -0.2) is 4.98 Å². The van der Waals surface area contributed by atoms with Gasteiger partial charge >= 0.3 is 5.97 Å². The molecule has 17 heavy (non-hydrogen) atoms. The summed E-state index contributed by atoms with van der Waals surface area (Å²) >= 11 is 0. The molecule has 0 spiro atoms. The molecule has 92 valence electrons. The number of aliphatic carboxylic acids is 1. The number of methoxy groups -OCH3 is 1. The smallest absolute Gasteiger partial charge is 0.311 e. The van der Waals surface area contributed by atoms with Crippen LogP contribution in [-0.2, 0) is 28.8 Å². The van der Waals surface area contributed by atoms with Crippen molar-refractivity contribution in [3.05, 3.63) is 17.1 Å². The molecule has 0 bridgehead atoms. The highest BCUT2D eigenvalue weighted by Crippen LogP contribution is 2.22. The second-order valence-corrected chi connectivity index (χ2v) is 3.76. The van der Waals surface area contributed by atoms with E-state index in [-0.39, 0.29) is 12.2 Å². The first-order valence-electron chi connectivity index (χ1n) is 5.43. The third-order valence-electron chi connectivity index (χ3n) is 2.58. The third-order valence-corrected chi connectivity index (χ3v) is 2.58. The van der Waals surface area contributed by atoms with Crippen LogP contribution in [0.1, 0.15) is 17.1 Å². The van der Waals surface area contributed by atoms with Crippen molar-refractivity contribution in [1.29, 1.82) is 0 Å². The molecule has 0 saturated carbocycles. The summed E-state index contributed by atoms with van der Waals surface area (Å²) in [5, 5.41) is 8.74. The molecule has 1 aliphatic heterocycles. The summed E-state index contributed by atoms with van der Waals surface area (Å²) in [5.74, 6) is -0.191. The lowest BCUT2D eigenvalue weighted by Gasteiger charge is -2.10. The number of fused-ring (bicyclic) bond motifs is 1. The van der Waals surface area contributed by atoms with E-state index >= 15 is 0 Å². The van der Waals surface area contributed by atoms with E-state index in [4.69, 9.17) is 14.6 Å². The summed E-state index contributed by atoms with van der Waals surface area (Å²) in [6.07, 6.45) is 1.18. The van der Waals surface area contributed by atoms with Crippen molar-refractivity contribution in [2.45, 2.75) is 19.3 Å². The first kappa shape index (κ1) is 11.8. The number of hydrogen-bond donors (Lipinski definition) is 1. The van der Waals surface area contributed by atoms with Crippen molar-refractivity contribution in [3.8, 4) is 5.88 Å². The second-order valence-electron chi connectivity index (χ2n) is 3.76. The van der Waals surface area contributed by atoms with E-state index in [0.717, 1.165) is 11.3 Å². The van der Waals surface area contributed by atoms with E-state index in [1.807, 2.05) is 0 Å². The Labute approximate surface area is 98.6 Å². The van der Waals surface area contributed by atoms with Crippen LogP contribution >= 0.6 is 0 Å². The van der Waals surface area contributed by atoms with Gasteiger partial charge in [0.25, 0.3) is 0 Å². The third kappa shape index (κ3) is 2.71. The highest BCUT2D eigenvalue weighted by atomic mass is 16.5. The number of aromatic nitrogens is 2. The SMILES string of the molecule is COc1nc(CC(=O)O)nc2c1CCOCC2. The van der Waals surface area contributed by atoms with Gasteiger partial charge in [0, 0.05) is 18.4 Å². The van der Waals surface area contributed by atoms with Crippen LogP contribution in [0.3, 0.4) is 0 Å². The maximum absolute atomic E-state index is 10.7. The molecule has 1 aromatic heterocycles. The summed E-state index contributed by atoms with van der Waals surface area (Å²) < 4.78 is 10.5. The van der Waals surface area contributed by atoms with Gasteiger partial charge in [-0.15, -0.1) is 0 Å². The highest BCUT2D eigenvalue weighted by molar-refractivity contribution is 5.69. The second kappa shape index (κ2) is 5.09. The molecule has 6 nitrogen and oxygen atoms in total. The van der Waals surface area contributed by atoms with Crippen LogP contribution in [0.25, 0.3) is 0 Å². The number of rotatable bonds is 3. The fraction of sp³-hybridized carbons (Fsp3) is 0.545. The van der Waals surface area contributed by atoms with Gasteiger partial charge in [-0.3, -0.25) is 4.79 Å². The van der Waals surface area contributed by atoms with Crippen molar-refractivity contribution >= 4 is 5.97 Å². The van der Waals surface area contributed by atoms with Crippen LogP contribution in [0.15, 0.2) is 0 Å². The number of ether oxygens (including phenoxy) is 2. The van der Waals surface area contributed by atoms with E-state index in [1.54, 1.807) is 0 Å². The average molecular weight is 238 g/mol. The minimum absolute atomic E-state index is 0.190. The molecule has 0 amide bonds. The van der Waals surface area contributed by atoms with Crippen LogP contribution in [0.5, 0.6) is 5.88 Å². The quantitative estimate of drug-likeness (QED) is 0.811. The zero-order valence-corrected chi connectivity index (χ0v) is 9.60. The first-order valence-corrected chi connectivity index (χ1v) is 5.43. The summed E-state index contributed by atoms with van der Waals surface area (Å²) in [6.45, 7) is 1.21. The fourth-order valence-electron chi connectivity index (χ4n) is 1.84. The van der Waals surface area contributed by atoms with Gasteiger partial charge < -0.3 is 14.6 Å².